The van der Waals surface area contributed by atoms with Crippen molar-refractivity contribution in [3.63, 3.8) is 0 Å². The van der Waals surface area contributed by atoms with Crippen LogP contribution in [0.3, 0.4) is 0 Å². The number of piperazine rings is 1. The van der Waals surface area contributed by atoms with Crippen LogP contribution in [0, 0.1) is 0 Å². The number of halogens is 1. The number of hydrogen-bond donors (Lipinski definition) is 0. The molecule has 1 rings (SSSR count). The van der Waals surface area contributed by atoms with E-state index in [1.807, 2.05) is 20.0 Å². The summed E-state index contributed by atoms with van der Waals surface area (Å²) in [6.45, 7) is 4.41. The number of nitrogens with zero attached hydrogens (tertiary/aromatic N) is 2. The van der Waals surface area contributed by atoms with Gasteiger partial charge >= 0.3 is 0 Å². The summed E-state index contributed by atoms with van der Waals surface area (Å²) in [4.78, 5) is 15.4. The molecule has 1 amide bonds. The molecule has 13 heavy (non-hydrogen) atoms. The molecular weight excluding hydrogens is 188 g/mol. The van der Waals surface area contributed by atoms with Crippen molar-refractivity contribution in [2.24, 2.45) is 0 Å². The average molecular weight is 203 g/mol. The third kappa shape index (κ3) is 2.45. The summed E-state index contributed by atoms with van der Waals surface area (Å²) in [5.74, 6) is 0.189. The maximum atomic E-state index is 11.5. The van der Waals surface area contributed by atoms with E-state index in [0.29, 0.717) is 0 Å². The Kier molecular flexibility index (Phi) is 3.75. The highest BCUT2D eigenvalue weighted by molar-refractivity contribution is 6.25. The molecule has 1 heterocycles. The van der Waals surface area contributed by atoms with Gasteiger partial charge in [0.05, 0.1) is 6.04 Å². The van der Waals surface area contributed by atoms with Gasteiger partial charge in [-0.05, 0) is 6.92 Å². The summed E-state index contributed by atoms with van der Waals surface area (Å²) in [5, 5.41) is 0. The Bertz CT molecular complexity index is 218. The number of carbonyl (C=O) groups is 1. The Balaban J connectivity index is 2.53. The van der Waals surface area contributed by atoms with Gasteiger partial charge in [-0.3, -0.25) is 9.69 Å². The van der Waals surface area contributed by atoms with Crippen LogP contribution in [-0.4, -0.2) is 48.4 Å². The number of amides is 1. The largest absolute Gasteiger partial charge is 0.343 e. The molecule has 0 spiro atoms. The Labute approximate surface area is 83.9 Å². The third-order valence-electron chi connectivity index (χ3n) is 2.43. The second-order valence-corrected chi connectivity index (χ2v) is 3.54. The number of rotatable bonds is 2. The molecule has 0 aliphatic carbocycles. The molecule has 1 unspecified atom stereocenters. The van der Waals surface area contributed by atoms with E-state index in [4.69, 9.17) is 11.6 Å². The Morgan fingerprint density at radius 3 is 2.92 bits per heavy atom. The first-order valence-electron chi connectivity index (χ1n) is 4.41. The number of hydrogen-bond acceptors (Lipinski definition) is 2. The molecule has 1 aliphatic rings. The van der Waals surface area contributed by atoms with Crippen LogP contribution >= 0.6 is 11.6 Å². The van der Waals surface area contributed by atoms with E-state index in [1.54, 1.807) is 4.90 Å². The first-order chi connectivity index (χ1) is 6.16. The molecule has 3 nitrogen and oxygen atoms in total. The van der Waals surface area contributed by atoms with Gasteiger partial charge < -0.3 is 4.90 Å². The van der Waals surface area contributed by atoms with Crippen LogP contribution in [0.1, 0.15) is 6.92 Å². The zero-order valence-electron chi connectivity index (χ0n) is 8.03. The quantitative estimate of drug-likeness (QED) is 0.665. The smallest absolute Gasteiger partial charge is 0.239 e. The molecule has 1 saturated heterocycles. The third-order valence-corrected chi connectivity index (χ3v) is 2.61. The Hall–Kier alpha value is -0.540. The van der Waals surface area contributed by atoms with Gasteiger partial charge in [-0.2, -0.15) is 0 Å². The molecule has 0 saturated carbocycles. The predicted octanol–water partition coefficient (Wildman–Crippen LogP) is 0.901. The lowest BCUT2D eigenvalue weighted by molar-refractivity contribution is -0.138. The van der Waals surface area contributed by atoms with Gasteiger partial charge in [-0.1, -0.05) is 17.7 Å². The van der Waals surface area contributed by atoms with Gasteiger partial charge in [0, 0.05) is 32.2 Å². The van der Waals surface area contributed by atoms with E-state index in [0.717, 1.165) is 19.6 Å². The minimum Gasteiger partial charge on any atom is -0.343 e. The van der Waals surface area contributed by atoms with Gasteiger partial charge in [0.25, 0.3) is 0 Å². The second-order valence-electron chi connectivity index (χ2n) is 3.29. The van der Waals surface area contributed by atoms with Crippen molar-refractivity contribution in [1.29, 1.82) is 0 Å². The fourth-order valence-electron chi connectivity index (χ4n) is 1.48. The Morgan fingerprint density at radius 2 is 2.31 bits per heavy atom. The summed E-state index contributed by atoms with van der Waals surface area (Å²) in [6, 6.07) is -0.0217. The molecule has 1 fully saturated rings. The van der Waals surface area contributed by atoms with Crippen LogP contribution in [-0.2, 0) is 4.79 Å². The summed E-state index contributed by atoms with van der Waals surface area (Å²) < 4.78 is 0. The molecule has 4 heteroatoms. The molecule has 0 aromatic rings. The zero-order chi connectivity index (χ0) is 9.84. The highest BCUT2D eigenvalue weighted by Crippen LogP contribution is 2.08. The molecule has 0 aromatic carbocycles. The zero-order valence-corrected chi connectivity index (χ0v) is 8.79. The first kappa shape index (κ1) is 10.5. The van der Waals surface area contributed by atoms with Crippen LogP contribution in [0.25, 0.3) is 0 Å². The summed E-state index contributed by atoms with van der Waals surface area (Å²) in [7, 11) is 1.84. The molecule has 74 valence electrons. The maximum Gasteiger partial charge on any atom is 0.239 e. The van der Waals surface area contributed by atoms with E-state index in [9.17, 15) is 4.79 Å². The first-order valence-corrected chi connectivity index (χ1v) is 4.84. The highest BCUT2D eigenvalue weighted by Gasteiger charge is 2.27. The van der Waals surface area contributed by atoms with Crippen molar-refractivity contribution in [1.82, 2.24) is 9.80 Å². The van der Waals surface area contributed by atoms with Gasteiger partial charge in [0.15, 0.2) is 0 Å². The van der Waals surface area contributed by atoms with Crippen molar-refractivity contribution in [3.8, 4) is 0 Å². The summed E-state index contributed by atoms with van der Waals surface area (Å²) in [5.41, 5.74) is 1.50. The van der Waals surface area contributed by atoms with Gasteiger partial charge in [0.2, 0.25) is 5.91 Å². The minimum absolute atomic E-state index is 0.0217. The van der Waals surface area contributed by atoms with Crippen molar-refractivity contribution in [3.05, 3.63) is 11.6 Å². The molecule has 0 aromatic heterocycles. The standard InChI is InChI=1S/C9H15ClN2O/c1-8-9(13)11(2)6-7-12(8)5-3-4-10/h3-4,8H,5-7H2,1-2H3/b4-3+. The molecule has 0 N–H and O–H groups in total. The SMILES string of the molecule is CC1C(=O)N(C)CCN1C/C=C/Cl. The van der Waals surface area contributed by atoms with Crippen molar-refractivity contribution in [2.75, 3.05) is 26.7 Å². The molecule has 1 aliphatic heterocycles. The lowest BCUT2D eigenvalue weighted by Crippen LogP contribution is -2.54. The van der Waals surface area contributed by atoms with Crippen LogP contribution in [0.5, 0.6) is 0 Å². The lowest BCUT2D eigenvalue weighted by atomic mass is 10.2. The Morgan fingerprint density at radius 1 is 1.62 bits per heavy atom. The highest BCUT2D eigenvalue weighted by atomic mass is 35.5. The van der Waals surface area contributed by atoms with Gasteiger partial charge in [-0.25, -0.2) is 0 Å². The van der Waals surface area contributed by atoms with E-state index < -0.39 is 0 Å². The van der Waals surface area contributed by atoms with Gasteiger partial charge in [0.1, 0.15) is 0 Å². The van der Waals surface area contributed by atoms with E-state index in [2.05, 4.69) is 4.90 Å². The lowest BCUT2D eigenvalue weighted by Gasteiger charge is -2.36. The van der Waals surface area contributed by atoms with Crippen LogP contribution in [0.2, 0.25) is 0 Å². The van der Waals surface area contributed by atoms with E-state index in [1.165, 1.54) is 5.54 Å². The van der Waals surface area contributed by atoms with Crippen LogP contribution in [0.4, 0.5) is 0 Å². The number of likely N-dealkylation sites (N-methyl/N-ethyl adjacent to an activating group) is 1. The van der Waals surface area contributed by atoms with E-state index in [-0.39, 0.29) is 11.9 Å². The van der Waals surface area contributed by atoms with Crippen LogP contribution in [0.15, 0.2) is 11.6 Å². The normalized spacial score (nSPS) is 25.9. The summed E-state index contributed by atoms with van der Waals surface area (Å²) in [6.07, 6.45) is 1.86. The van der Waals surface area contributed by atoms with Crippen molar-refractivity contribution < 1.29 is 4.79 Å². The summed E-state index contributed by atoms with van der Waals surface area (Å²) >= 11 is 5.43. The average Bonchev–Trinajstić information content (AvgIpc) is 2.13. The number of carbonyl (C=O) groups excluding carboxylic acids is 1. The van der Waals surface area contributed by atoms with Crippen LogP contribution < -0.4 is 0 Å². The fraction of sp³-hybridized carbons (Fsp3) is 0.667. The molecular formula is C9H15ClN2O. The van der Waals surface area contributed by atoms with Gasteiger partial charge in [-0.15, -0.1) is 0 Å². The second kappa shape index (κ2) is 4.63. The van der Waals surface area contributed by atoms with E-state index >= 15 is 0 Å². The fourth-order valence-corrected chi connectivity index (χ4v) is 1.56. The van der Waals surface area contributed by atoms with Crippen molar-refractivity contribution in [2.45, 2.75) is 13.0 Å². The molecule has 1 atom stereocenters. The molecule has 0 radical (unpaired) electrons. The van der Waals surface area contributed by atoms with Crippen molar-refractivity contribution >= 4 is 17.5 Å². The predicted molar refractivity (Wildman–Crippen MR) is 53.7 cm³/mol. The monoisotopic (exact) mass is 202 g/mol. The minimum atomic E-state index is -0.0217. The molecule has 0 bridgehead atoms. The topological polar surface area (TPSA) is 23.6 Å². The maximum absolute atomic E-state index is 11.5.